The van der Waals surface area contributed by atoms with Crippen molar-refractivity contribution in [3.63, 3.8) is 0 Å². The number of fused-ring (bicyclic) bond motifs is 1. The first-order valence-corrected chi connectivity index (χ1v) is 12.7. The largest absolute Gasteiger partial charge is 0.474 e. The van der Waals surface area contributed by atoms with Crippen LogP contribution in [0.5, 0.6) is 5.88 Å². The van der Waals surface area contributed by atoms with Gasteiger partial charge in [-0.05, 0) is 65.8 Å². The molecule has 2 aromatic rings. The Morgan fingerprint density at radius 2 is 1.76 bits per heavy atom. The van der Waals surface area contributed by atoms with E-state index >= 15 is 0 Å². The van der Waals surface area contributed by atoms with Gasteiger partial charge >= 0.3 is 0 Å². The van der Waals surface area contributed by atoms with E-state index in [1.165, 1.54) is 0 Å². The van der Waals surface area contributed by atoms with Crippen LogP contribution in [-0.2, 0) is 4.43 Å². The van der Waals surface area contributed by atoms with E-state index in [2.05, 4.69) is 59.9 Å². The summed E-state index contributed by atoms with van der Waals surface area (Å²) in [5.41, 5.74) is 0.791. The van der Waals surface area contributed by atoms with E-state index in [-0.39, 0.29) is 11.1 Å². The van der Waals surface area contributed by atoms with E-state index in [0.717, 1.165) is 37.2 Å². The molecule has 0 bridgehead atoms. The van der Waals surface area contributed by atoms with Gasteiger partial charge in [-0.25, -0.2) is 4.98 Å². The minimum absolute atomic E-state index is 0.216. The molecule has 0 unspecified atom stereocenters. The maximum absolute atomic E-state index is 6.56. The SMILES string of the molecule is CC(C)(C)[Si](C)(C)OC1CCC(Oc2cccc3nc(Br)nn23)CC1. The summed E-state index contributed by atoms with van der Waals surface area (Å²) in [5, 5.41) is 4.61. The van der Waals surface area contributed by atoms with Gasteiger partial charge in [0, 0.05) is 12.2 Å². The van der Waals surface area contributed by atoms with Crippen molar-refractivity contribution >= 4 is 29.9 Å². The first-order valence-electron chi connectivity index (χ1n) is 9.01. The molecule has 0 saturated heterocycles. The second-order valence-electron chi connectivity index (χ2n) is 8.41. The molecule has 3 rings (SSSR count). The molecule has 1 aliphatic rings. The maximum atomic E-state index is 6.56. The van der Waals surface area contributed by atoms with Gasteiger partial charge in [0.15, 0.2) is 14.0 Å². The second-order valence-corrected chi connectivity index (χ2v) is 13.9. The first-order chi connectivity index (χ1) is 11.7. The van der Waals surface area contributed by atoms with E-state index in [0.29, 0.717) is 10.8 Å². The number of halogens is 1. The van der Waals surface area contributed by atoms with Crippen LogP contribution < -0.4 is 4.74 Å². The summed E-state index contributed by atoms with van der Waals surface area (Å²) in [6.45, 7) is 11.6. The predicted molar refractivity (Wildman–Crippen MR) is 106 cm³/mol. The quantitative estimate of drug-likeness (QED) is 0.631. The van der Waals surface area contributed by atoms with Crippen LogP contribution in [0, 0.1) is 0 Å². The molecule has 1 fully saturated rings. The third kappa shape index (κ3) is 4.26. The number of aromatic nitrogens is 3. The zero-order valence-electron chi connectivity index (χ0n) is 15.8. The van der Waals surface area contributed by atoms with Crippen molar-refractivity contribution in [3.05, 3.63) is 22.9 Å². The second kappa shape index (κ2) is 7.00. The number of hydrogen-bond acceptors (Lipinski definition) is 4. The van der Waals surface area contributed by atoms with Crippen molar-refractivity contribution in [2.45, 2.75) is 76.8 Å². The Hall–Kier alpha value is -0.923. The summed E-state index contributed by atoms with van der Waals surface area (Å²) < 4.78 is 15.1. The molecule has 0 aliphatic heterocycles. The molecule has 0 N–H and O–H groups in total. The van der Waals surface area contributed by atoms with Gasteiger partial charge in [0.25, 0.3) is 0 Å². The molecule has 2 aromatic heterocycles. The number of hydrogen-bond donors (Lipinski definition) is 0. The van der Waals surface area contributed by atoms with Crippen molar-refractivity contribution in [3.8, 4) is 5.88 Å². The van der Waals surface area contributed by atoms with Gasteiger partial charge in [-0.15, -0.1) is 5.10 Å². The van der Waals surface area contributed by atoms with E-state index in [4.69, 9.17) is 9.16 Å². The maximum Gasteiger partial charge on any atom is 0.218 e. The molecule has 138 valence electrons. The van der Waals surface area contributed by atoms with Crippen LogP contribution in [0.3, 0.4) is 0 Å². The summed E-state index contributed by atoms with van der Waals surface area (Å²) in [6, 6.07) is 5.83. The topological polar surface area (TPSA) is 48.7 Å². The first kappa shape index (κ1) is 18.9. The monoisotopic (exact) mass is 425 g/mol. The van der Waals surface area contributed by atoms with Gasteiger partial charge in [0.2, 0.25) is 10.6 Å². The fourth-order valence-corrected chi connectivity index (χ4v) is 4.74. The average Bonchev–Trinajstić information content (AvgIpc) is 2.89. The molecule has 0 amide bonds. The highest BCUT2D eigenvalue weighted by atomic mass is 79.9. The van der Waals surface area contributed by atoms with E-state index < -0.39 is 8.32 Å². The molecule has 5 nitrogen and oxygen atoms in total. The zero-order chi connectivity index (χ0) is 18.2. The highest BCUT2D eigenvalue weighted by Crippen LogP contribution is 2.39. The fourth-order valence-electron chi connectivity index (χ4n) is 2.98. The zero-order valence-corrected chi connectivity index (χ0v) is 18.3. The molecular weight excluding hydrogens is 398 g/mol. The van der Waals surface area contributed by atoms with Crippen LogP contribution in [-0.4, -0.2) is 35.1 Å². The smallest absolute Gasteiger partial charge is 0.218 e. The Balaban J connectivity index is 1.59. The van der Waals surface area contributed by atoms with Gasteiger partial charge in [-0.3, -0.25) is 0 Å². The van der Waals surface area contributed by atoms with Crippen molar-refractivity contribution in [1.82, 2.24) is 14.6 Å². The lowest BCUT2D eigenvalue weighted by molar-refractivity contribution is 0.0690. The highest BCUT2D eigenvalue weighted by molar-refractivity contribution is 9.10. The van der Waals surface area contributed by atoms with Gasteiger partial charge in [-0.2, -0.15) is 4.52 Å². The van der Waals surface area contributed by atoms with Crippen LogP contribution in [0.1, 0.15) is 46.5 Å². The van der Waals surface area contributed by atoms with Crippen LogP contribution >= 0.6 is 15.9 Å². The molecule has 25 heavy (non-hydrogen) atoms. The number of pyridine rings is 1. The van der Waals surface area contributed by atoms with Crippen LogP contribution in [0.4, 0.5) is 0 Å². The van der Waals surface area contributed by atoms with Crippen molar-refractivity contribution < 1.29 is 9.16 Å². The number of rotatable bonds is 4. The number of ether oxygens (including phenoxy) is 1. The van der Waals surface area contributed by atoms with Crippen LogP contribution in [0.25, 0.3) is 5.65 Å². The third-order valence-electron chi connectivity index (χ3n) is 5.48. The van der Waals surface area contributed by atoms with Gasteiger partial charge in [-0.1, -0.05) is 26.8 Å². The summed E-state index contributed by atoms with van der Waals surface area (Å²) in [5.74, 6) is 0.754. The summed E-state index contributed by atoms with van der Waals surface area (Å²) in [4.78, 5) is 4.32. The molecule has 0 spiro atoms. The standard InChI is InChI=1S/C18H28BrN3O2Si/c1-18(2,3)25(4,5)24-14-11-9-13(10-12-14)23-16-8-6-7-15-20-17(19)21-22(15)16/h6-8,13-14H,9-12H2,1-5H3. The lowest BCUT2D eigenvalue weighted by Crippen LogP contribution is -2.45. The molecule has 0 aromatic carbocycles. The Bertz CT molecular complexity index is 733. The lowest BCUT2D eigenvalue weighted by Gasteiger charge is -2.41. The molecule has 2 heterocycles. The van der Waals surface area contributed by atoms with E-state index in [1.807, 2.05) is 18.2 Å². The number of nitrogens with zero attached hydrogens (tertiary/aromatic N) is 3. The molecule has 1 saturated carbocycles. The lowest BCUT2D eigenvalue weighted by atomic mass is 9.95. The minimum atomic E-state index is -1.69. The summed E-state index contributed by atoms with van der Waals surface area (Å²) in [6.07, 6.45) is 4.75. The van der Waals surface area contributed by atoms with Crippen molar-refractivity contribution in [1.29, 1.82) is 0 Å². The molecular formula is C18H28BrN3O2Si. The predicted octanol–water partition coefficient (Wildman–Crippen LogP) is 5.20. The van der Waals surface area contributed by atoms with E-state index in [9.17, 15) is 0 Å². The van der Waals surface area contributed by atoms with E-state index in [1.54, 1.807) is 4.52 Å². The van der Waals surface area contributed by atoms with Crippen LogP contribution in [0.2, 0.25) is 18.1 Å². The average molecular weight is 426 g/mol. The summed E-state index contributed by atoms with van der Waals surface area (Å²) >= 11 is 3.32. The van der Waals surface area contributed by atoms with Gasteiger partial charge < -0.3 is 9.16 Å². The Labute approximate surface area is 159 Å². The molecule has 7 heteroatoms. The Morgan fingerprint density at radius 3 is 2.40 bits per heavy atom. The summed E-state index contributed by atoms with van der Waals surface area (Å²) in [7, 11) is -1.69. The third-order valence-corrected chi connectivity index (χ3v) is 10.3. The molecule has 0 radical (unpaired) electrons. The van der Waals surface area contributed by atoms with Gasteiger partial charge in [0.1, 0.15) is 6.10 Å². The van der Waals surface area contributed by atoms with Crippen molar-refractivity contribution in [2.75, 3.05) is 0 Å². The highest BCUT2D eigenvalue weighted by Gasteiger charge is 2.40. The Kier molecular flexibility index (Phi) is 5.28. The van der Waals surface area contributed by atoms with Crippen LogP contribution in [0.15, 0.2) is 22.9 Å². The molecule has 0 atom stereocenters. The van der Waals surface area contributed by atoms with Gasteiger partial charge in [0.05, 0.1) is 0 Å². The molecule has 1 aliphatic carbocycles. The fraction of sp³-hybridized carbons (Fsp3) is 0.667. The normalized spacial score (nSPS) is 22.3. The van der Waals surface area contributed by atoms with Crippen molar-refractivity contribution in [2.24, 2.45) is 0 Å². The Morgan fingerprint density at radius 1 is 1.12 bits per heavy atom. The minimum Gasteiger partial charge on any atom is -0.474 e.